The highest BCUT2D eigenvalue weighted by Gasteiger charge is 2.30. The van der Waals surface area contributed by atoms with Gasteiger partial charge in [-0.25, -0.2) is 4.98 Å². The quantitative estimate of drug-likeness (QED) is 0.749. The SMILES string of the molecule is CCC(C)c1csc(Cc2cccc(C(F)(F)F)c2)n1. The number of aromatic nitrogens is 1. The van der Waals surface area contributed by atoms with Crippen molar-refractivity contribution in [2.45, 2.75) is 38.8 Å². The van der Waals surface area contributed by atoms with Crippen LogP contribution in [0, 0.1) is 0 Å². The molecule has 0 aliphatic rings. The number of nitrogens with zero attached hydrogens (tertiary/aromatic N) is 1. The van der Waals surface area contributed by atoms with Gasteiger partial charge in [-0.1, -0.05) is 32.0 Å². The van der Waals surface area contributed by atoms with Crippen LogP contribution in [0.15, 0.2) is 29.6 Å². The van der Waals surface area contributed by atoms with Gasteiger partial charge >= 0.3 is 6.18 Å². The lowest BCUT2D eigenvalue weighted by molar-refractivity contribution is -0.137. The minimum atomic E-state index is -4.29. The molecule has 2 rings (SSSR count). The average Bonchev–Trinajstić information content (AvgIpc) is 2.85. The monoisotopic (exact) mass is 299 g/mol. The molecule has 0 saturated carbocycles. The van der Waals surface area contributed by atoms with Gasteiger partial charge in [0.2, 0.25) is 0 Å². The van der Waals surface area contributed by atoms with Crippen molar-refractivity contribution in [1.82, 2.24) is 4.98 Å². The molecule has 0 fully saturated rings. The average molecular weight is 299 g/mol. The highest BCUT2D eigenvalue weighted by molar-refractivity contribution is 7.09. The van der Waals surface area contributed by atoms with Crippen LogP contribution in [0.4, 0.5) is 13.2 Å². The lowest BCUT2D eigenvalue weighted by Gasteiger charge is -2.08. The summed E-state index contributed by atoms with van der Waals surface area (Å²) in [5, 5.41) is 2.86. The summed E-state index contributed by atoms with van der Waals surface area (Å²) < 4.78 is 37.9. The van der Waals surface area contributed by atoms with Crippen LogP contribution in [0.1, 0.15) is 48.0 Å². The molecule has 20 heavy (non-hydrogen) atoms. The maximum Gasteiger partial charge on any atom is 0.416 e. The molecule has 2 aromatic rings. The van der Waals surface area contributed by atoms with E-state index >= 15 is 0 Å². The highest BCUT2D eigenvalue weighted by atomic mass is 32.1. The van der Waals surface area contributed by atoms with E-state index in [2.05, 4.69) is 18.8 Å². The Morgan fingerprint density at radius 1 is 1.30 bits per heavy atom. The van der Waals surface area contributed by atoms with E-state index in [-0.39, 0.29) is 0 Å². The Hall–Kier alpha value is -1.36. The summed E-state index contributed by atoms with van der Waals surface area (Å²) in [4.78, 5) is 4.51. The van der Waals surface area contributed by atoms with Gasteiger partial charge in [0.1, 0.15) is 0 Å². The number of thiazole rings is 1. The third kappa shape index (κ3) is 3.60. The number of rotatable bonds is 4. The highest BCUT2D eigenvalue weighted by Crippen LogP contribution is 2.30. The van der Waals surface area contributed by atoms with E-state index in [0.29, 0.717) is 17.9 Å². The molecule has 5 heteroatoms. The zero-order chi connectivity index (χ0) is 14.8. The maximum absolute atomic E-state index is 12.6. The second-order valence-electron chi connectivity index (χ2n) is 4.85. The fourth-order valence-electron chi connectivity index (χ4n) is 1.87. The lowest BCUT2D eigenvalue weighted by Crippen LogP contribution is -2.05. The molecule has 1 heterocycles. The number of alkyl halides is 3. The van der Waals surface area contributed by atoms with Gasteiger partial charge in [0, 0.05) is 11.8 Å². The molecule has 1 unspecified atom stereocenters. The summed E-state index contributed by atoms with van der Waals surface area (Å²) in [6, 6.07) is 5.45. The van der Waals surface area contributed by atoms with E-state index in [1.165, 1.54) is 23.5 Å². The molecule has 0 N–H and O–H groups in total. The molecule has 0 saturated heterocycles. The van der Waals surface area contributed by atoms with Crippen molar-refractivity contribution in [3.05, 3.63) is 51.5 Å². The fraction of sp³-hybridized carbons (Fsp3) is 0.400. The standard InChI is InChI=1S/C15H16F3NS/c1-3-10(2)13-9-20-14(19-13)8-11-5-4-6-12(7-11)15(16,17)18/h4-7,9-10H,3,8H2,1-2H3. The molecule has 1 aromatic heterocycles. The second-order valence-corrected chi connectivity index (χ2v) is 5.79. The van der Waals surface area contributed by atoms with Crippen molar-refractivity contribution in [3.63, 3.8) is 0 Å². The largest absolute Gasteiger partial charge is 0.416 e. The summed E-state index contributed by atoms with van der Waals surface area (Å²) >= 11 is 1.51. The minimum Gasteiger partial charge on any atom is -0.246 e. The predicted octanol–water partition coefficient (Wildman–Crippen LogP) is 5.27. The molecule has 0 spiro atoms. The molecule has 1 nitrogen and oxygen atoms in total. The van der Waals surface area contributed by atoms with E-state index in [0.717, 1.165) is 23.2 Å². The molecule has 108 valence electrons. The Kier molecular flexibility index (Phi) is 4.48. The first-order valence-corrected chi connectivity index (χ1v) is 7.38. The zero-order valence-corrected chi connectivity index (χ0v) is 12.2. The topological polar surface area (TPSA) is 12.9 Å². The molecule has 1 atom stereocenters. The van der Waals surface area contributed by atoms with Gasteiger partial charge in [0.05, 0.1) is 16.3 Å². The van der Waals surface area contributed by atoms with Crippen molar-refractivity contribution < 1.29 is 13.2 Å². The minimum absolute atomic E-state index is 0.390. The smallest absolute Gasteiger partial charge is 0.246 e. The third-order valence-corrected chi connectivity index (χ3v) is 4.16. The normalized spacial score (nSPS) is 13.4. The van der Waals surface area contributed by atoms with Crippen LogP contribution in [-0.2, 0) is 12.6 Å². The van der Waals surface area contributed by atoms with Gasteiger partial charge in [0.25, 0.3) is 0 Å². The molecule has 0 aliphatic carbocycles. The summed E-state index contributed by atoms with van der Waals surface area (Å²) in [6.07, 6.45) is -2.83. The predicted molar refractivity (Wildman–Crippen MR) is 75.1 cm³/mol. The number of benzene rings is 1. The Balaban J connectivity index is 2.16. The lowest BCUT2D eigenvalue weighted by atomic mass is 10.1. The summed E-state index contributed by atoms with van der Waals surface area (Å²) in [5.74, 6) is 0.390. The number of hydrogen-bond donors (Lipinski definition) is 0. The molecular formula is C15H16F3NS. The van der Waals surface area contributed by atoms with E-state index in [1.54, 1.807) is 6.07 Å². The van der Waals surface area contributed by atoms with E-state index in [1.807, 2.05) is 5.38 Å². The van der Waals surface area contributed by atoms with Crippen molar-refractivity contribution >= 4 is 11.3 Å². The van der Waals surface area contributed by atoms with E-state index in [9.17, 15) is 13.2 Å². The first-order valence-electron chi connectivity index (χ1n) is 6.50. The molecule has 0 aliphatic heterocycles. The van der Waals surface area contributed by atoms with Crippen molar-refractivity contribution in [2.24, 2.45) is 0 Å². The maximum atomic E-state index is 12.6. The second kappa shape index (κ2) is 5.95. The van der Waals surface area contributed by atoms with Crippen LogP contribution in [0.5, 0.6) is 0 Å². The van der Waals surface area contributed by atoms with Crippen molar-refractivity contribution in [3.8, 4) is 0 Å². The Morgan fingerprint density at radius 2 is 2.05 bits per heavy atom. The van der Waals surface area contributed by atoms with Crippen LogP contribution in [0.2, 0.25) is 0 Å². The van der Waals surface area contributed by atoms with Gasteiger partial charge < -0.3 is 0 Å². The first-order chi connectivity index (χ1) is 9.40. The number of halogens is 3. The van der Waals surface area contributed by atoms with Crippen LogP contribution in [-0.4, -0.2) is 4.98 Å². The van der Waals surface area contributed by atoms with E-state index < -0.39 is 11.7 Å². The first kappa shape index (κ1) is 15.0. The summed E-state index contributed by atoms with van der Waals surface area (Å²) in [6.45, 7) is 4.19. The van der Waals surface area contributed by atoms with Gasteiger partial charge in [-0.2, -0.15) is 13.2 Å². The zero-order valence-electron chi connectivity index (χ0n) is 11.4. The van der Waals surface area contributed by atoms with Crippen molar-refractivity contribution in [2.75, 3.05) is 0 Å². The van der Waals surface area contributed by atoms with Gasteiger partial charge in [-0.05, 0) is 24.0 Å². The van der Waals surface area contributed by atoms with Gasteiger partial charge in [-0.3, -0.25) is 0 Å². The van der Waals surface area contributed by atoms with E-state index in [4.69, 9.17) is 0 Å². The molecule has 0 amide bonds. The molecule has 0 bridgehead atoms. The Bertz CT molecular complexity index is 574. The summed E-state index contributed by atoms with van der Waals surface area (Å²) in [5.41, 5.74) is 1.07. The van der Waals surface area contributed by atoms with Crippen LogP contribution in [0.3, 0.4) is 0 Å². The third-order valence-electron chi connectivity index (χ3n) is 3.30. The van der Waals surface area contributed by atoms with Crippen LogP contribution in [0.25, 0.3) is 0 Å². The van der Waals surface area contributed by atoms with Crippen molar-refractivity contribution in [1.29, 1.82) is 0 Å². The van der Waals surface area contributed by atoms with Crippen LogP contribution < -0.4 is 0 Å². The molecular weight excluding hydrogens is 283 g/mol. The fourth-order valence-corrected chi connectivity index (χ4v) is 2.82. The molecule has 1 aromatic carbocycles. The molecule has 0 radical (unpaired) electrons. The van der Waals surface area contributed by atoms with Crippen LogP contribution >= 0.6 is 11.3 Å². The Labute approximate surface area is 120 Å². The Morgan fingerprint density at radius 3 is 2.70 bits per heavy atom. The number of hydrogen-bond acceptors (Lipinski definition) is 2. The van der Waals surface area contributed by atoms with Gasteiger partial charge in [-0.15, -0.1) is 11.3 Å². The van der Waals surface area contributed by atoms with Gasteiger partial charge in [0.15, 0.2) is 0 Å². The summed E-state index contributed by atoms with van der Waals surface area (Å²) in [7, 11) is 0.